The number of hydrogen-bond donors (Lipinski definition) is 3. The molecule has 1 aliphatic carbocycles. The first-order valence-corrected chi connectivity index (χ1v) is 10.6. The van der Waals surface area contributed by atoms with Gasteiger partial charge in [-0.15, -0.1) is 0 Å². The first kappa shape index (κ1) is 24.3. The third kappa shape index (κ3) is 7.64. The Bertz CT molecular complexity index is 982. The topological polar surface area (TPSA) is 87.7 Å². The van der Waals surface area contributed by atoms with E-state index >= 15 is 0 Å². The molecule has 1 aliphatic rings. The summed E-state index contributed by atoms with van der Waals surface area (Å²) >= 11 is 0. The van der Waals surface area contributed by atoms with Crippen molar-refractivity contribution in [1.82, 2.24) is 10.6 Å². The Kier molecular flexibility index (Phi) is 8.11. The molecule has 0 radical (unpaired) electrons. The summed E-state index contributed by atoms with van der Waals surface area (Å²) in [6.45, 7) is 0.253. The van der Waals surface area contributed by atoms with Crippen molar-refractivity contribution in [3.8, 4) is 5.75 Å². The molecular formula is C24H25F3N2O4. The average Bonchev–Trinajstić information content (AvgIpc) is 3.61. The number of rotatable bonds is 10. The second kappa shape index (κ2) is 11.0. The van der Waals surface area contributed by atoms with Crippen LogP contribution >= 0.6 is 0 Å². The number of carbonyl (C=O) groups is 2. The van der Waals surface area contributed by atoms with Crippen molar-refractivity contribution in [1.29, 1.82) is 0 Å². The number of benzene rings is 2. The van der Waals surface area contributed by atoms with E-state index in [1.54, 1.807) is 24.3 Å². The highest BCUT2D eigenvalue weighted by atomic mass is 19.4. The molecule has 1 fully saturated rings. The molecule has 0 aromatic heterocycles. The highest BCUT2D eigenvalue weighted by Crippen LogP contribution is 2.32. The number of ether oxygens (including phenoxy) is 1. The maximum atomic E-state index is 12.8. The number of aliphatic hydroxyl groups excluding tert-OH is 1. The van der Waals surface area contributed by atoms with E-state index in [1.807, 2.05) is 0 Å². The molecule has 3 N–H and O–H groups in total. The lowest BCUT2D eigenvalue weighted by Crippen LogP contribution is -2.36. The number of aliphatic hydroxyl groups is 1. The van der Waals surface area contributed by atoms with Gasteiger partial charge < -0.3 is 20.5 Å². The molecule has 6 nitrogen and oxygen atoms in total. The van der Waals surface area contributed by atoms with Gasteiger partial charge in [0.1, 0.15) is 11.4 Å². The van der Waals surface area contributed by atoms with Gasteiger partial charge in [-0.05, 0) is 60.4 Å². The predicted octanol–water partition coefficient (Wildman–Crippen LogP) is 3.76. The Morgan fingerprint density at radius 3 is 2.30 bits per heavy atom. The molecule has 0 atom stereocenters. The van der Waals surface area contributed by atoms with Crippen LogP contribution in [-0.4, -0.2) is 36.7 Å². The molecule has 2 aromatic carbocycles. The molecule has 9 heteroatoms. The number of carbonyl (C=O) groups excluding carboxylic acids is 2. The molecule has 3 rings (SSSR count). The van der Waals surface area contributed by atoms with Crippen LogP contribution in [0.5, 0.6) is 5.75 Å². The minimum atomic E-state index is -4.48. The fraction of sp³-hybridized carbons (Fsp3) is 0.333. The van der Waals surface area contributed by atoms with Crippen LogP contribution in [0.3, 0.4) is 0 Å². The van der Waals surface area contributed by atoms with Crippen molar-refractivity contribution >= 4 is 17.9 Å². The average molecular weight is 462 g/mol. The Labute approximate surface area is 189 Å². The summed E-state index contributed by atoms with van der Waals surface area (Å²) < 4.78 is 44.0. The van der Waals surface area contributed by atoms with Crippen molar-refractivity contribution in [2.24, 2.45) is 5.92 Å². The molecule has 0 bridgehead atoms. The number of nitrogens with one attached hydrogen (secondary N) is 2. The Morgan fingerprint density at radius 1 is 1.06 bits per heavy atom. The largest absolute Gasteiger partial charge is 0.494 e. The summed E-state index contributed by atoms with van der Waals surface area (Å²) in [5.41, 5.74) is -0.429. The first-order valence-electron chi connectivity index (χ1n) is 10.6. The lowest BCUT2D eigenvalue weighted by Gasteiger charge is -2.12. The van der Waals surface area contributed by atoms with E-state index in [4.69, 9.17) is 9.84 Å². The Morgan fingerprint density at radius 2 is 1.73 bits per heavy atom. The number of amides is 2. The fourth-order valence-corrected chi connectivity index (χ4v) is 3.01. The fourth-order valence-electron chi connectivity index (χ4n) is 3.01. The predicted molar refractivity (Wildman–Crippen MR) is 116 cm³/mol. The summed E-state index contributed by atoms with van der Waals surface area (Å²) in [7, 11) is 0. The molecule has 33 heavy (non-hydrogen) atoms. The molecule has 176 valence electrons. The summed E-state index contributed by atoms with van der Waals surface area (Å²) in [5.74, 6) is 0.129. The van der Waals surface area contributed by atoms with Crippen molar-refractivity contribution < 1.29 is 32.6 Å². The normalized spacial score (nSPS) is 14.0. The van der Waals surface area contributed by atoms with E-state index in [0.717, 1.165) is 24.5 Å². The second-order valence-corrected chi connectivity index (χ2v) is 7.72. The highest BCUT2D eigenvalue weighted by molar-refractivity contribution is 6.05. The van der Waals surface area contributed by atoms with E-state index < -0.39 is 23.6 Å². The summed E-state index contributed by atoms with van der Waals surface area (Å²) in [6, 6.07) is 10.6. The number of halogens is 3. The minimum absolute atomic E-state index is 0.0497. The van der Waals surface area contributed by atoms with Crippen LogP contribution in [0, 0.1) is 5.92 Å². The highest BCUT2D eigenvalue weighted by Gasteiger charge is 2.30. The van der Waals surface area contributed by atoms with Gasteiger partial charge >= 0.3 is 6.18 Å². The van der Waals surface area contributed by atoms with Crippen molar-refractivity contribution in [2.45, 2.75) is 25.4 Å². The molecule has 2 aromatic rings. The number of hydrogen-bond acceptors (Lipinski definition) is 4. The van der Waals surface area contributed by atoms with Crippen LogP contribution in [-0.2, 0) is 11.0 Å². The van der Waals surface area contributed by atoms with Gasteiger partial charge in [-0.3, -0.25) is 9.59 Å². The maximum absolute atomic E-state index is 12.8. The summed E-state index contributed by atoms with van der Waals surface area (Å²) in [5, 5.41) is 13.8. The molecule has 0 saturated heterocycles. The molecule has 0 heterocycles. The van der Waals surface area contributed by atoms with E-state index in [2.05, 4.69) is 10.6 Å². The zero-order valence-corrected chi connectivity index (χ0v) is 17.8. The minimum Gasteiger partial charge on any atom is -0.494 e. The number of alkyl halides is 3. The molecule has 1 saturated carbocycles. The zero-order valence-electron chi connectivity index (χ0n) is 17.8. The van der Waals surface area contributed by atoms with E-state index in [0.29, 0.717) is 12.4 Å². The van der Waals surface area contributed by atoms with Gasteiger partial charge in [0.2, 0.25) is 0 Å². The van der Waals surface area contributed by atoms with Crippen LogP contribution in [0.4, 0.5) is 13.2 Å². The van der Waals surface area contributed by atoms with Gasteiger partial charge in [0.25, 0.3) is 11.8 Å². The zero-order chi connectivity index (χ0) is 23.8. The Balaban J connectivity index is 1.70. The molecule has 2 amide bonds. The maximum Gasteiger partial charge on any atom is 0.416 e. The second-order valence-electron chi connectivity index (χ2n) is 7.72. The van der Waals surface area contributed by atoms with Crippen LogP contribution in [0.25, 0.3) is 6.08 Å². The van der Waals surface area contributed by atoms with Gasteiger partial charge in [0.15, 0.2) is 0 Å². The molecular weight excluding hydrogens is 437 g/mol. The Hall–Kier alpha value is -3.33. The van der Waals surface area contributed by atoms with Crippen molar-refractivity contribution in [3.05, 3.63) is 70.9 Å². The summed E-state index contributed by atoms with van der Waals surface area (Å²) in [6.07, 6.45) is 0.280. The van der Waals surface area contributed by atoms with Crippen LogP contribution in [0.15, 0.2) is 54.2 Å². The third-order valence-electron chi connectivity index (χ3n) is 5.05. The van der Waals surface area contributed by atoms with Gasteiger partial charge in [0, 0.05) is 12.1 Å². The molecule has 0 aliphatic heterocycles. The SMILES string of the molecule is O=C(NCCO)C(=Cc1ccc(C(F)(F)F)cc1)NC(=O)c1ccc(OCCC2CC2)cc1. The van der Waals surface area contributed by atoms with Crippen molar-refractivity contribution in [2.75, 3.05) is 19.8 Å². The van der Waals surface area contributed by atoms with Crippen LogP contribution in [0.2, 0.25) is 0 Å². The van der Waals surface area contributed by atoms with Crippen LogP contribution in [0.1, 0.15) is 40.7 Å². The van der Waals surface area contributed by atoms with E-state index in [-0.39, 0.29) is 30.0 Å². The molecule has 0 spiro atoms. The first-order chi connectivity index (χ1) is 15.8. The quantitative estimate of drug-likeness (QED) is 0.469. The van der Waals surface area contributed by atoms with Crippen LogP contribution < -0.4 is 15.4 Å². The standard InChI is InChI=1S/C24H25F3N2O4/c25-24(26,27)19-7-3-17(4-8-19)15-21(23(32)28-12-13-30)29-22(31)18-5-9-20(10-6-18)33-14-11-16-1-2-16/h3-10,15-16,30H,1-2,11-14H2,(H,28,32)(H,29,31). The summed E-state index contributed by atoms with van der Waals surface area (Å²) in [4.78, 5) is 25.1. The van der Waals surface area contributed by atoms with Gasteiger partial charge in [-0.25, -0.2) is 0 Å². The monoisotopic (exact) mass is 462 g/mol. The van der Waals surface area contributed by atoms with Crippen molar-refractivity contribution in [3.63, 3.8) is 0 Å². The van der Waals surface area contributed by atoms with Gasteiger partial charge in [-0.2, -0.15) is 13.2 Å². The van der Waals surface area contributed by atoms with E-state index in [9.17, 15) is 22.8 Å². The lowest BCUT2D eigenvalue weighted by atomic mass is 10.1. The van der Waals surface area contributed by atoms with E-state index in [1.165, 1.54) is 31.1 Å². The lowest BCUT2D eigenvalue weighted by molar-refractivity contribution is -0.137. The third-order valence-corrected chi connectivity index (χ3v) is 5.05. The van der Waals surface area contributed by atoms with Gasteiger partial charge in [0.05, 0.1) is 18.8 Å². The smallest absolute Gasteiger partial charge is 0.416 e. The molecule has 0 unspecified atom stereocenters. The van der Waals surface area contributed by atoms with Gasteiger partial charge in [-0.1, -0.05) is 25.0 Å².